The van der Waals surface area contributed by atoms with Crippen molar-refractivity contribution < 1.29 is 39.0 Å². The minimum absolute atomic E-state index is 0.144. The summed E-state index contributed by atoms with van der Waals surface area (Å²) in [7, 11) is 1.32. The summed E-state index contributed by atoms with van der Waals surface area (Å²) >= 11 is 2.41. The fourth-order valence-electron chi connectivity index (χ4n) is 2.64. The fourth-order valence-corrected chi connectivity index (χ4v) is 4.49. The van der Waals surface area contributed by atoms with Gasteiger partial charge in [-0.3, -0.25) is 14.5 Å². The van der Waals surface area contributed by atoms with Gasteiger partial charge in [-0.2, -0.15) is 0 Å². The smallest absolute Gasteiger partial charge is 0.356 e. The van der Waals surface area contributed by atoms with Gasteiger partial charge in [0.25, 0.3) is 11.8 Å². The molecule has 0 aliphatic carbocycles. The van der Waals surface area contributed by atoms with Gasteiger partial charge >= 0.3 is 11.9 Å². The molecule has 3 heterocycles. The van der Waals surface area contributed by atoms with Gasteiger partial charge in [0.05, 0.1) is 18.4 Å². The summed E-state index contributed by atoms with van der Waals surface area (Å²) in [4.78, 5) is 56.9. The minimum Gasteiger partial charge on any atom is -0.498 e. The van der Waals surface area contributed by atoms with E-state index in [0.29, 0.717) is 0 Å². The lowest BCUT2D eigenvalue weighted by Gasteiger charge is -2.48. The van der Waals surface area contributed by atoms with Crippen LogP contribution < -0.4 is 5.32 Å². The number of oxime groups is 1. The van der Waals surface area contributed by atoms with Crippen molar-refractivity contribution in [3.8, 4) is 0 Å². The first kappa shape index (κ1) is 20.6. The molecule has 2 atom stereocenters. The number of nitrogens with zero attached hydrogens (tertiary/aromatic N) is 3. The van der Waals surface area contributed by atoms with Crippen molar-refractivity contribution in [2.45, 2.75) is 11.4 Å². The molecule has 1 aromatic heterocycles. The number of aromatic nitrogens is 1. The molecule has 3 N–H and O–H groups in total. The standard InChI is InChI=1S/C15H14N4O8S2/c1-26-7-4-29-14-10(13(23)19(14)11(7)15(24)25)17-12(22)9(6-3-28-5-16-6)18-27-2-8(20)21/h3,5,10,14H,2,4H2,1H3,(H,17,22)(H,20,21)(H,24,25)/b18-9+. The number of fused-ring (bicyclic) bond motifs is 1. The summed E-state index contributed by atoms with van der Waals surface area (Å²) in [5, 5.41) is 24.9. The number of carbonyl (C=O) groups excluding carboxylic acids is 2. The van der Waals surface area contributed by atoms with Crippen LogP contribution >= 0.6 is 23.1 Å². The van der Waals surface area contributed by atoms with E-state index in [-0.39, 0.29) is 28.6 Å². The van der Waals surface area contributed by atoms with E-state index in [9.17, 15) is 24.3 Å². The zero-order chi connectivity index (χ0) is 21.1. The van der Waals surface area contributed by atoms with E-state index in [1.165, 1.54) is 41.1 Å². The van der Waals surface area contributed by atoms with Crippen LogP contribution in [0.3, 0.4) is 0 Å². The molecule has 0 aromatic carbocycles. The molecule has 0 radical (unpaired) electrons. The van der Waals surface area contributed by atoms with Crippen LogP contribution in [0.25, 0.3) is 0 Å². The molecule has 12 nitrogen and oxygen atoms in total. The Hall–Kier alpha value is -3.13. The molecular formula is C15H14N4O8S2. The van der Waals surface area contributed by atoms with Crippen molar-refractivity contribution in [2.24, 2.45) is 5.16 Å². The van der Waals surface area contributed by atoms with Crippen molar-refractivity contribution in [1.29, 1.82) is 0 Å². The highest BCUT2D eigenvalue weighted by Gasteiger charge is 2.55. The quantitative estimate of drug-likeness (QED) is 0.266. The van der Waals surface area contributed by atoms with E-state index in [1.54, 1.807) is 0 Å². The molecule has 3 rings (SSSR count). The molecule has 2 amide bonds. The van der Waals surface area contributed by atoms with Crippen molar-refractivity contribution in [3.63, 3.8) is 0 Å². The van der Waals surface area contributed by atoms with Crippen molar-refractivity contribution in [1.82, 2.24) is 15.2 Å². The molecular weight excluding hydrogens is 428 g/mol. The minimum atomic E-state index is -1.31. The number of amides is 2. The first-order valence-electron chi connectivity index (χ1n) is 7.91. The van der Waals surface area contributed by atoms with Crippen molar-refractivity contribution in [2.75, 3.05) is 19.5 Å². The summed E-state index contributed by atoms with van der Waals surface area (Å²) in [5.41, 5.74) is 1.03. The highest BCUT2D eigenvalue weighted by Crippen LogP contribution is 2.40. The normalized spacial score (nSPS) is 21.2. The van der Waals surface area contributed by atoms with Gasteiger partial charge in [0.1, 0.15) is 22.9 Å². The van der Waals surface area contributed by atoms with E-state index < -0.39 is 41.8 Å². The number of hydrogen-bond donors (Lipinski definition) is 3. The molecule has 2 unspecified atom stereocenters. The molecule has 1 fully saturated rings. The van der Waals surface area contributed by atoms with Crippen LogP contribution in [0.1, 0.15) is 5.69 Å². The SMILES string of the molecule is COC1=C(C(=O)O)N2C(=O)C(NC(=O)/C(=N/OCC(=O)O)c3cscn3)C2SC1. The monoisotopic (exact) mass is 442 g/mol. The van der Waals surface area contributed by atoms with Gasteiger partial charge in [0.2, 0.25) is 6.61 Å². The number of carbonyl (C=O) groups is 4. The summed E-state index contributed by atoms with van der Waals surface area (Å²) in [5.74, 6) is -3.64. The highest BCUT2D eigenvalue weighted by atomic mass is 32.2. The fraction of sp³-hybridized carbons (Fsp3) is 0.333. The lowest BCUT2D eigenvalue weighted by molar-refractivity contribution is -0.150. The van der Waals surface area contributed by atoms with Gasteiger partial charge in [-0.25, -0.2) is 14.6 Å². The molecule has 1 aromatic rings. The predicted molar refractivity (Wildman–Crippen MR) is 98.9 cm³/mol. The molecule has 0 saturated carbocycles. The van der Waals surface area contributed by atoms with Crippen LogP contribution in [0.4, 0.5) is 0 Å². The number of rotatable bonds is 8. The maximum Gasteiger partial charge on any atom is 0.356 e. The summed E-state index contributed by atoms with van der Waals surface area (Å²) in [6.45, 7) is -0.762. The largest absolute Gasteiger partial charge is 0.498 e. The number of β-lactam (4-membered cyclic amide) rings is 1. The van der Waals surface area contributed by atoms with Gasteiger partial charge in [0, 0.05) is 5.38 Å². The zero-order valence-corrected chi connectivity index (χ0v) is 16.4. The van der Waals surface area contributed by atoms with Crippen LogP contribution in [-0.4, -0.2) is 80.4 Å². The van der Waals surface area contributed by atoms with E-state index in [4.69, 9.17) is 9.84 Å². The third kappa shape index (κ3) is 4.02. The molecule has 14 heteroatoms. The Morgan fingerprint density at radius 3 is 2.76 bits per heavy atom. The molecule has 0 bridgehead atoms. The Bertz CT molecular complexity index is 913. The molecule has 29 heavy (non-hydrogen) atoms. The van der Waals surface area contributed by atoms with Crippen LogP contribution in [0.15, 0.2) is 27.5 Å². The Kier molecular flexibility index (Phi) is 6.03. The van der Waals surface area contributed by atoms with E-state index >= 15 is 0 Å². The third-order valence-electron chi connectivity index (χ3n) is 3.90. The van der Waals surface area contributed by atoms with Crippen LogP contribution in [-0.2, 0) is 28.8 Å². The van der Waals surface area contributed by atoms with Crippen LogP contribution in [0.2, 0.25) is 0 Å². The lowest BCUT2D eigenvalue weighted by Crippen LogP contribution is -2.71. The maximum atomic E-state index is 12.6. The van der Waals surface area contributed by atoms with Gasteiger partial charge in [-0.1, -0.05) is 5.16 Å². The number of methoxy groups -OCH3 is 1. The maximum absolute atomic E-state index is 12.6. The number of carboxylic acid groups (broad SMARTS) is 2. The molecule has 154 valence electrons. The van der Waals surface area contributed by atoms with E-state index in [1.807, 2.05) is 0 Å². The second-order valence-corrected chi connectivity index (χ2v) is 7.45. The Labute approximate surface area is 171 Å². The summed E-state index contributed by atoms with van der Waals surface area (Å²) < 4.78 is 5.04. The molecule has 0 spiro atoms. The number of carboxylic acids is 2. The Morgan fingerprint density at radius 1 is 1.41 bits per heavy atom. The highest BCUT2D eigenvalue weighted by molar-refractivity contribution is 8.00. The van der Waals surface area contributed by atoms with E-state index in [0.717, 1.165) is 4.90 Å². The summed E-state index contributed by atoms with van der Waals surface area (Å²) in [6, 6.07) is -0.997. The second kappa shape index (κ2) is 8.48. The van der Waals surface area contributed by atoms with Gasteiger partial charge in [0.15, 0.2) is 11.4 Å². The first-order chi connectivity index (χ1) is 13.8. The van der Waals surface area contributed by atoms with Gasteiger partial charge in [-0.05, 0) is 0 Å². The third-order valence-corrected chi connectivity index (χ3v) is 5.74. The number of ether oxygens (including phenoxy) is 1. The molecule has 1 saturated heterocycles. The lowest BCUT2D eigenvalue weighted by atomic mass is 10.0. The van der Waals surface area contributed by atoms with E-state index in [2.05, 4.69) is 20.3 Å². The predicted octanol–water partition coefficient (Wildman–Crippen LogP) is -0.709. The number of thioether (sulfide) groups is 1. The van der Waals surface area contributed by atoms with Crippen molar-refractivity contribution in [3.05, 3.63) is 28.0 Å². The first-order valence-corrected chi connectivity index (χ1v) is 9.90. The second-order valence-electron chi connectivity index (χ2n) is 5.62. The van der Waals surface area contributed by atoms with Crippen LogP contribution in [0.5, 0.6) is 0 Å². The Balaban J connectivity index is 1.77. The Morgan fingerprint density at radius 2 is 2.17 bits per heavy atom. The molecule has 2 aliphatic heterocycles. The zero-order valence-electron chi connectivity index (χ0n) is 14.7. The number of thiazole rings is 1. The van der Waals surface area contributed by atoms with Gasteiger partial charge < -0.3 is 25.1 Å². The summed E-state index contributed by atoms with van der Waals surface area (Å²) in [6.07, 6.45) is 0. The number of nitrogens with one attached hydrogen (secondary N) is 1. The molecule has 2 aliphatic rings. The average Bonchev–Trinajstić information content (AvgIpc) is 3.21. The van der Waals surface area contributed by atoms with Crippen molar-refractivity contribution >= 4 is 52.6 Å². The van der Waals surface area contributed by atoms with Crippen LogP contribution in [0, 0.1) is 0 Å². The topological polar surface area (TPSA) is 168 Å². The van der Waals surface area contributed by atoms with Gasteiger partial charge in [-0.15, -0.1) is 23.1 Å². The number of aliphatic carboxylic acids is 2. The average molecular weight is 442 g/mol. The number of hydrogen-bond acceptors (Lipinski definition) is 10.